The van der Waals surface area contributed by atoms with Crippen LogP contribution in [0.2, 0.25) is 10.2 Å². The minimum absolute atomic E-state index is 0.413. The molecule has 0 fully saturated rings. The third-order valence-corrected chi connectivity index (χ3v) is 2.59. The zero-order valence-corrected chi connectivity index (χ0v) is 9.20. The van der Waals surface area contributed by atoms with Gasteiger partial charge in [-0.3, -0.25) is 0 Å². The normalized spacial score (nSPS) is 10.4. The van der Waals surface area contributed by atoms with Crippen molar-refractivity contribution in [1.82, 2.24) is 4.98 Å². The van der Waals surface area contributed by atoms with Crippen LogP contribution in [0.4, 0.5) is 0 Å². The molecule has 1 aromatic heterocycles. The molecular formula is C10H13Cl2N. The number of nitrogens with zero attached hydrogens (tertiary/aromatic N) is 1. The van der Waals surface area contributed by atoms with Crippen molar-refractivity contribution in [3.8, 4) is 0 Å². The first-order chi connectivity index (χ1) is 6.24. The molecule has 0 unspecified atom stereocenters. The highest BCUT2D eigenvalue weighted by molar-refractivity contribution is 6.41. The second kappa shape index (κ2) is 5.46. The maximum absolute atomic E-state index is 5.78. The molecule has 1 aromatic rings. The molecule has 0 aromatic carbocycles. The molecule has 0 radical (unpaired) electrons. The van der Waals surface area contributed by atoms with Crippen molar-refractivity contribution in [3.63, 3.8) is 0 Å². The van der Waals surface area contributed by atoms with E-state index >= 15 is 0 Å². The topological polar surface area (TPSA) is 12.9 Å². The molecule has 3 heteroatoms. The lowest BCUT2D eigenvalue weighted by Crippen LogP contribution is -1.90. The van der Waals surface area contributed by atoms with Gasteiger partial charge in [0.1, 0.15) is 5.15 Å². The van der Waals surface area contributed by atoms with E-state index in [2.05, 4.69) is 11.9 Å². The molecule has 0 aliphatic carbocycles. The zero-order chi connectivity index (χ0) is 9.68. The Bertz CT molecular complexity index is 274. The fraction of sp³-hybridized carbons (Fsp3) is 0.500. The highest BCUT2D eigenvalue weighted by Gasteiger charge is 2.00. The van der Waals surface area contributed by atoms with E-state index < -0.39 is 0 Å². The third kappa shape index (κ3) is 3.53. The largest absolute Gasteiger partial charge is 0.240 e. The monoisotopic (exact) mass is 217 g/mol. The molecule has 0 aliphatic heterocycles. The summed E-state index contributed by atoms with van der Waals surface area (Å²) in [5, 5.41) is 0.941. The van der Waals surface area contributed by atoms with Gasteiger partial charge in [-0.2, -0.15) is 0 Å². The molecule has 0 saturated carbocycles. The van der Waals surface area contributed by atoms with E-state index in [0.717, 1.165) is 12.1 Å². The Hall–Kier alpha value is -0.270. The van der Waals surface area contributed by atoms with Gasteiger partial charge in [-0.25, -0.2) is 4.98 Å². The molecule has 0 atom stereocenters. The van der Waals surface area contributed by atoms with Crippen LogP contribution in [0, 0.1) is 0 Å². The van der Waals surface area contributed by atoms with Gasteiger partial charge < -0.3 is 0 Å². The Morgan fingerprint density at radius 2 is 2.00 bits per heavy atom. The van der Waals surface area contributed by atoms with Crippen molar-refractivity contribution in [2.45, 2.75) is 32.6 Å². The molecule has 0 spiro atoms. The molecule has 1 nitrogen and oxygen atoms in total. The number of pyridine rings is 1. The number of hydrogen-bond acceptors (Lipinski definition) is 1. The predicted octanol–water partition coefficient (Wildman–Crippen LogP) is 4.12. The van der Waals surface area contributed by atoms with Gasteiger partial charge >= 0.3 is 0 Å². The van der Waals surface area contributed by atoms with Gasteiger partial charge in [-0.05, 0) is 25.0 Å². The van der Waals surface area contributed by atoms with Crippen molar-refractivity contribution in [1.29, 1.82) is 0 Å². The minimum Gasteiger partial charge on any atom is -0.240 e. The van der Waals surface area contributed by atoms with Gasteiger partial charge in [0.2, 0.25) is 0 Å². The molecular weight excluding hydrogens is 205 g/mol. The van der Waals surface area contributed by atoms with Crippen molar-refractivity contribution in [2.24, 2.45) is 0 Å². The SMILES string of the molecule is CCCCCc1ccc(Cl)c(Cl)n1. The van der Waals surface area contributed by atoms with E-state index in [1.807, 2.05) is 6.07 Å². The lowest BCUT2D eigenvalue weighted by atomic mass is 10.1. The van der Waals surface area contributed by atoms with E-state index in [1.165, 1.54) is 19.3 Å². The van der Waals surface area contributed by atoms with E-state index in [9.17, 15) is 0 Å². The summed E-state index contributed by atoms with van der Waals surface area (Å²) in [4.78, 5) is 4.18. The van der Waals surface area contributed by atoms with Crippen molar-refractivity contribution in [3.05, 3.63) is 28.0 Å². The van der Waals surface area contributed by atoms with Gasteiger partial charge in [0.15, 0.2) is 0 Å². The molecule has 0 amide bonds. The van der Waals surface area contributed by atoms with Crippen LogP contribution < -0.4 is 0 Å². The number of halogens is 2. The molecule has 0 N–H and O–H groups in total. The fourth-order valence-electron chi connectivity index (χ4n) is 1.15. The lowest BCUT2D eigenvalue weighted by Gasteiger charge is -2.01. The molecule has 0 aliphatic rings. The summed E-state index contributed by atoms with van der Waals surface area (Å²) in [5.41, 5.74) is 1.03. The lowest BCUT2D eigenvalue weighted by molar-refractivity contribution is 0.707. The van der Waals surface area contributed by atoms with Crippen LogP contribution in [0.3, 0.4) is 0 Å². The Morgan fingerprint density at radius 3 is 2.62 bits per heavy atom. The Morgan fingerprint density at radius 1 is 1.23 bits per heavy atom. The van der Waals surface area contributed by atoms with E-state index in [-0.39, 0.29) is 0 Å². The van der Waals surface area contributed by atoms with Gasteiger partial charge in [0, 0.05) is 5.69 Å². The third-order valence-electron chi connectivity index (χ3n) is 1.90. The van der Waals surface area contributed by atoms with Gasteiger partial charge in [-0.1, -0.05) is 43.0 Å². The quantitative estimate of drug-likeness (QED) is 0.547. The van der Waals surface area contributed by atoms with E-state index in [4.69, 9.17) is 23.2 Å². The summed E-state index contributed by atoms with van der Waals surface area (Å²) in [6.07, 6.45) is 4.62. The fourth-order valence-corrected chi connectivity index (χ4v) is 1.43. The molecule has 72 valence electrons. The van der Waals surface area contributed by atoms with Crippen molar-refractivity contribution in [2.75, 3.05) is 0 Å². The summed E-state index contributed by atoms with van der Waals surface area (Å²) in [6, 6.07) is 3.74. The molecule has 1 rings (SSSR count). The first-order valence-electron chi connectivity index (χ1n) is 4.55. The first-order valence-corrected chi connectivity index (χ1v) is 5.30. The van der Waals surface area contributed by atoms with Crippen LogP contribution in [0.1, 0.15) is 31.9 Å². The Kier molecular flexibility index (Phi) is 4.54. The summed E-state index contributed by atoms with van der Waals surface area (Å²) < 4.78 is 0. The molecule has 13 heavy (non-hydrogen) atoms. The van der Waals surface area contributed by atoms with Crippen molar-refractivity contribution < 1.29 is 0 Å². The van der Waals surface area contributed by atoms with Gasteiger partial charge in [0.25, 0.3) is 0 Å². The second-order valence-electron chi connectivity index (χ2n) is 3.03. The minimum atomic E-state index is 0.413. The van der Waals surface area contributed by atoms with Crippen LogP contribution in [0.5, 0.6) is 0 Å². The van der Waals surface area contributed by atoms with E-state index in [1.54, 1.807) is 6.07 Å². The van der Waals surface area contributed by atoms with Gasteiger partial charge in [-0.15, -0.1) is 0 Å². The smallest absolute Gasteiger partial charge is 0.147 e. The summed E-state index contributed by atoms with van der Waals surface area (Å²) >= 11 is 11.5. The molecule has 0 saturated heterocycles. The van der Waals surface area contributed by atoms with E-state index in [0.29, 0.717) is 10.2 Å². The van der Waals surface area contributed by atoms with Gasteiger partial charge in [0.05, 0.1) is 5.02 Å². The first kappa shape index (κ1) is 10.8. The summed E-state index contributed by atoms with van der Waals surface area (Å²) in [5.74, 6) is 0. The number of rotatable bonds is 4. The van der Waals surface area contributed by atoms with Crippen LogP contribution in [0.25, 0.3) is 0 Å². The number of aryl methyl sites for hydroxylation is 1. The Balaban J connectivity index is 2.53. The zero-order valence-electron chi connectivity index (χ0n) is 7.69. The van der Waals surface area contributed by atoms with Crippen LogP contribution >= 0.6 is 23.2 Å². The molecule has 0 bridgehead atoms. The maximum atomic E-state index is 5.78. The number of hydrogen-bond donors (Lipinski definition) is 0. The number of aromatic nitrogens is 1. The highest BCUT2D eigenvalue weighted by atomic mass is 35.5. The Labute approximate surface area is 89.1 Å². The summed E-state index contributed by atoms with van der Waals surface area (Å²) in [7, 11) is 0. The van der Waals surface area contributed by atoms with Crippen LogP contribution in [-0.2, 0) is 6.42 Å². The number of unbranched alkanes of at least 4 members (excludes halogenated alkanes) is 2. The summed E-state index contributed by atoms with van der Waals surface area (Å²) in [6.45, 7) is 2.18. The van der Waals surface area contributed by atoms with Crippen LogP contribution in [0.15, 0.2) is 12.1 Å². The second-order valence-corrected chi connectivity index (χ2v) is 3.80. The maximum Gasteiger partial charge on any atom is 0.147 e. The predicted molar refractivity (Wildman–Crippen MR) is 57.5 cm³/mol. The average molecular weight is 218 g/mol. The molecule has 1 heterocycles. The highest BCUT2D eigenvalue weighted by Crippen LogP contribution is 2.19. The van der Waals surface area contributed by atoms with Crippen molar-refractivity contribution >= 4 is 23.2 Å². The standard InChI is InChI=1S/C10H13Cl2N/c1-2-3-4-5-8-6-7-9(11)10(12)13-8/h6-7H,2-5H2,1H3. The average Bonchev–Trinajstić information content (AvgIpc) is 2.12. The van der Waals surface area contributed by atoms with Crippen LogP contribution in [-0.4, -0.2) is 4.98 Å².